The molecule has 21 heavy (non-hydrogen) atoms. The van der Waals surface area contributed by atoms with Crippen LogP contribution in [0.1, 0.15) is 34.3 Å². The zero-order valence-corrected chi connectivity index (χ0v) is 12.0. The summed E-state index contributed by atoms with van der Waals surface area (Å²) in [6.07, 6.45) is 2.11. The van der Waals surface area contributed by atoms with Crippen LogP contribution >= 0.6 is 0 Å². The van der Waals surface area contributed by atoms with Crippen LogP contribution < -0.4 is 5.32 Å². The van der Waals surface area contributed by atoms with Gasteiger partial charge in [-0.2, -0.15) is 0 Å². The second-order valence-corrected chi connectivity index (χ2v) is 5.81. The van der Waals surface area contributed by atoms with Gasteiger partial charge in [0.1, 0.15) is 0 Å². The third kappa shape index (κ3) is 2.93. The summed E-state index contributed by atoms with van der Waals surface area (Å²) in [5.41, 5.74) is 3.23. The lowest BCUT2D eigenvalue weighted by atomic mass is 9.95. The summed E-state index contributed by atoms with van der Waals surface area (Å²) in [5.74, 6) is -1.03. The van der Waals surface area contributed by atoms with E-state index in [0.717, 1.165) is 19.5 Å². The summed E-state index contributed by atoms with van der Waals surface area (Å²) >= 11 is 0. The van der Waals surface area contributed by atoms with Crippen LogP contribution in [0.4, 0.5) is 0 Å². The smallest absolute Gasteiger partial charge is 0.306 e. The number of nitrogens with one attached hydrogen (secondary N) is 1. The Labute approximate surface area is 123 Å². The number of likely N-dealkylation sites (tertiary alicyclic amines) is 1. The van der Waals surface area contributed by atoms with Crippen molar-refractivity contribution < 1.29 is 14.7 Å². The van der Waals surface area contributed by atoms with Crippen LogP contribution in [0.3, 0.4) is 0 Å². The SMILES string of the molecule is O=C(O)C1CCN(C(=O)c2ccc3c(c2)CNCC3)CC1. The van der Waals surface area contributed by atoms with Gasteiger partial charge in [0, 0.05) is 25.2 Å². The molecule has 0 atom stereocenters. The van der Waals surface area contributed by atoms with E-state index in [1.165, 1.54) is 11.1 Å². The predicted octanol–water partition coefficient (Wildman–Crippen LogP) is 1.27. The second kappa shape index (κ2) is 5.85. The number of amides is 1. The number of fused-ring (bicyclic) bond motifs is 1. The minimum Gasteiger partial charge on any atom is -0.481 e. The maximum absolute atomic E-state index is 12.5. The first-order chi connectivity index (χ1) is 10.1. The Kier molecular flexibility index (Phi) is 3.92. The van der Waals surface area contributed by atoms with E-state index in [1.54, 1.807) is 4.90 Å². The second-order valence-electron chi connectivity index (χ2n) is 5.81. The Hall–Kier alpha value is -1.88. The molecule has 112 valence electrons. The van der Waals surface area contributed by atoms with E-state index in [0.29, 0.717) is 31.5 Å². The number of carbonyl (C=O) groups is 2. The Morgan fingerprint density at radius 1 is 1.19 bits per heavy atom. The quantitative estimate of drug-likeness (QED) is 0.860. The largest absolute Gasteiger partial charge is 0.481 e. The van der Waals surface area contributed by atoms with Crippen LogP contribution in [0.2, 0.25) is 0 Å². The maximum Gasteiger partial charge on any atom is 0.306 e. The minimum absolute atomic E-state index is 0.0206. The van der Waals surface area contributed by atoms with Crippen molar-refractivity contribution in [3.63, 3.8) is 0 Å². The van der Waals surface area contributed by atoms with Gasteiger partial charge in [-0.25, -0.2) is 0 Å². The molecule has 3 rings (SSSR count). The van der Waals surface area contributed by atoms with E-state index < -0.39 is 5.97 Å². The standard InChI is InChI=1S/C16H20N2O3/c19-15(18-7-4-12(5-8-18)16(20)21)13-2-1-11-3-6-17-10-14(11)9-13/h1-2,9,12,17H,3-8,10H2,(H,20,21). The summed E-state index contributed by atoms with van der Waals surface area (Å²) in [5, 5.41) is 12.3. The third-order valence-corrected chi connectivity index (χ3v) is 4.47. The van der Waals surface area contributed by atoms with Gasteiger partial charge >= 0.3 is 5.97 Å². The van der Waals surface area contributed by atoms with Gasteiger partial charge in [-0.3, -0.25) is 9.59 Å². The van der Waals surface area contributed by atoms with E-state index in [-0.39, 0.29) is 11.8 Å². The van der Waals surface area contributed by atoms with Gasteiger partial charge in [0.25, 0.3) is 5.91 Å². The highest BCUT2D eigenvalue weighted by atomic mass is 16.4. The van der Waals surface area contributed by atoms with Crippen LogP contribution in [0, 0.1) is 5.92 Å². The van der Waals surface area contributed by atoms with E-state index in [1.807, 2.05) is 18.2 Å². The molecular formula is C16H20N2O3. The fraction of sp³-hybridized carbons (Fsp3) is 0.500. The molecule has 0 unspecified atom stereocenters. The number of rotatable bonds is 2. The number of aliphatic carboxylic acids is 1. The van der Waals surface area contributed by atoms with Crippen molar-refractivity contribution >= 4 is 11.9 Å². The van der Waals surface area contributed by atoms with Gasteiger partial charge in [-0.1, -0.05) is 6.07 Å². The number of piperidine rings is 1. The van der Waals surface area contributed by atoms with Crippen molar-refractivity contribution in [3.05, 3.63) is 34.9 Å². The number of carboxylic acid groups (broad SMARTS) is 1. The molecule has 0 aliphatic carbocycles. The highest BCUT2D eigenvalue weighted by molar-refractivity contribution is 5.94. The molecule has 0 radical (unpaired) electrons. The third-order valence-electron chi connectivity index (χ3n) is 4.47. The molecule has 2 N–H and O–H groups in total. The zero-order chi connectivity index (χ0) is 14.8. The molecule has 5 heteroatoms. The summed E-state index contributed by atoms with van der Waals surface area (Å²) in [6.45, 7) is 2.87. The summed E-state index contributed by atoms with van der Waals surface area (Å²) in [4.78, 5) is 25.2. The molecule has 5 nitrogen and oxygen atoms in total. The van der Waals surface area contributed by atoms with E-state index in [9.17, 15) is 9.59 Å². The average molecular weight is 288 g/mol. The molecular weight excluding hydrogens is 268 g/mol. The van der Waals surface area contributed by atoms with Gasteiger partial charge in [0.05, 0.1) is 5.92 Å². The summed E-state index contributed by atoms with van der Waals surface area (Å²) < 4.78 is 0. The topological polar surface area (TPSA) is 69.6 Å². The number of nitrogens with zero attached hydrogens (tertiary/aromatic N) is 1. The van der Waals surface area contributed by atoms with Gasteiger partial charge in [-0.15, -0.1) is 0 Å². The lowest BCUT2D eigenvalue weighted by Gasteiger charge is -2.30. The number of carboxylic acids is 1. The highest BCUT2D eigenvalue weighted by Gasteiger charge is 2.27. The van der Waals surface area contributed by atoms with Crippen molar-refractivity contribution in [1.82, 2.24) is 10.2 Å². The summed E-state index contributed by atoms with van der Waals surface area (Å²) in [7, 11) is 0. The molecule has 1 fully saturated rings. The van der Waals surface area contributed by atoms with Crippen LogP contribution in [0.25, 0.3) is 0 Å². The van der Waals surface area contributed by atoms with Crippen molar-refractivity contribution in [3.8, 4) is 0 Å². The Morgan fingerprint density at radius 3 is 2.67 bits per heavy atom. The van der Waals surface area contributed by atoms with Crippen LogP contribution in [-0.2, 0) is 17.8 Å². The first-order valence-electron chi connectivity index (χ1n) is 7.50. The molecule has 0 spiro atoms. The Balaban J connectivity index is 1.70. The fourth-order valence-corrected chi connectivity index (χ4v) is 3.13. The molecule has 2 heterocycles. The molecule has 1 aromatic rings. The van der Waals surface area contributed by atoms with Crippen LogP contribution in [-0.4, -0.2) is 41.5 Å². The maximum atomic E-state index is 12.5. The van der Waals surface area contributed by atoms with Crippen molar-refractivity contribution in [2.45, 2.75) is 25.8 Å². The molecule has 1 saturated heterocycles. The minimum atomic E-state index is -0.748. The first-order valence-corrected chi connectivity index (χ1v) is 7.50. The van der Waals surface area contributed by atoms with E-state index >= 15 is 0 Å². The van der Waals surface area contributed by atoms with Gasteiger partial charge in [0.15, 0.2) is 0 Å². The number of carbonyl (C=O) groups excluding carboxylic acids is 1. The van der Waals surface area contributed by atoms with Crippen molar-refractivity contribution in [2.24, 2.45) is 5.92 Å². The number of hydrogen-bond acceptors (Lipinski definition) is 3. The summed E-state index contributed by atoms with van der Waals surface area (Å²) in [6, 6.07) is 5.93. The molecule has 1 amide bonds. The lowest BCUT2D eigenvalue weighted by molar-refractivity contribution is -0.143. The van der Waals surface area contributed by atoms with Crippen molar-refractivity contribution in [1.29, 1.82) is 0 Å². The number of benzene rings is 1. The highest BCUT2D eigenvalue weighted by Crippen LogP contribution is 2.21. The molecule has 0 saturated carbocycles. The zero-order valence-electron chi connectivity index (χ0n) is 12.0. The molecule has 2 aliphatic rings. The molecule has 2 aliphatic heterocycles. The van der Waals surface area contributed by atoms with Crippen molar-refractivity contribution in [2.75, 3.05) is 19.6 Å². The van der Waals surface area contributed by atoms with Gasteiger partial charge < -0.3 is 15.3 Å². The molecule has 0 bridgehead atoms. The van der Waals surface area contributed by atoms with E-state index in [4.69, 9.17) is 5.11 Å². The monoisotopic (exact) mass is 288 g/mol. The lowest BCUT2D eigenvalue weighted by Crippen LogP contribution is -2.40. The first kappa shape index (κ1) is 14.1. The van der Waals surface area contributed by atoms with Gasteiger partial charge in [0.2, 0.25) is 0 Å². The predicted molar refractivity (Wildman–Crippen MR) is 78.1 cm³/mol. The molecule has 1 aromatic carbocycles. The Morgan fingerprint density at radius 2 is 1.95 bits per heavy atom. The molecule has 0 aromatic heterocycles. The van der Waals surface area contributed by atoms with E-state index in [2.05, 4.69) is 5.32 Å². The number of hydrogen-bond donors (Lipinski definition) is 2. The fourth-order valence-electron chi connectivity index (χ4n) is 3.13. The Bertz CT molecular complexity index is 563. The van der Waals surface area contributed by atoms with Crippen LogP contribution in [0.5, 0.6) is 0 Å². The normalized spacial score (nSPS) is 19.1. The van der Waals surface area contributed by atoms with Gasteiger partial charge in [-0.05, 0) is 49.1 Å². The van der Waals surface area contributed by atoms with Crippen LogP contribution in [0.15, 0.2) is 18.2 Å². The average Bonchev–Trinajstić information content (AvgIpc) is 2.54.